The SMILES string of the molecule is CCc1ncnc(NC(C)C2CCCO2)c1F. The van der Waals surface area contributed by atoms with E-state index in [2.05, 4.69) is 15.3 Å². The van der Waals surface area contributed by atoms with Gasteiger partial charge in [0.05, 0.1) is 17.8 Å². The van der Waals surface area contributed by atoms with Gasteiger partial charge in [-0.25, -0.2) is 14.4 Å². The summed E-state index contributed by atoms with van der Waals surface area (Å²) in [6, 6.07) is 0.0617. The van der Waals surface area contributed by atoms with Gasteiger partial charge < -0.3 is 10.1 Å². The number of nitrogens with one attached hydrogen (secondary N) is 1. The summed E-state index contributed by atoms with van der Waals surface area (Å²) in [6.07, 6.45) is 4.20. The molecule has 1 saturated heterocycles. The van der Waals surface area contributed by atoms with Crippen molar-refractivity contribution in [3.63, 3.8) is 0 Å². The average Bonchev–Trinajstić information content (AvgIpc) is 2.85. The van der Waals surface area contributed by atoms with Crippen molar-refractivity contribution in [3.8, 4) is 0 Å². The van der Waals surface area contributed by atoms with Crippen LogP contribution >= 0.6 is 0 Å². The van der Waals surface area contributed by atoms with Crippen molar-refractivity contribution in [2.24, 2.45) is 0 Å². The Morgan fingerprint density at radius 3 is 3.06 bits per heavy atom. The summed E-state index contributed by atoms with van der Waals surface area (Å²) in [5.74, 6) is -0.0697. The van der Waals surface area contributed by atoms with Crippen LogP contribution in [0.2, 0.25) is 0 Å². The Morgan fingerprint density at radius 2 is 2.41 bits per heavy atom. The van der Waals surface area contributed by atoms with E-state index in [1.807, 2.05) is 13.8 Å². The quantitative estimate of drug-likeness (QED) is 0.874. The molecule has 1 aromatic rings. The van der Waals surface area contributed by atoms with Crippen molar-refractivity contribution in [1.29, 1.82) is 0 Å². The molecular formula is C12H18FN3O. The largest absolute Gasteiger partial charge is 0.376 e. The second-order valence-corrected chi connectivity index (χ2v) is 4.32. The second kappa shape index (κ2) is 5.40. The third kappa shape index (κ3) is 2.72. The lowest BCUT2D eigenvalue weighted by atomic mass is 10.1. The van der Waals surface area contributed by atoms with E-state index in [4.69, 9.17) is 4.74 Å². The highest BCUT2D eigenvalue weighted by Crippen LogP contribution is 2.20. The zero-order valence-corrected chi connectivity index (χ0v) is 10.2. The van der Waals surface area contributed by atoms with E-state index >= 15 is 0 Å². The van der Waals surface area contributed by atoms with E-state index in [1.54, 1.807) is 0 Å². The number of aromatic nitrogens is 2. The summed E-state index contributed by atoms with van der Waals surface area (Å²) in [6.45, 7) is 4.66. The Kier molecular flexibility index (Phi) is 3.89. The van der Waals surface area contributed by atoms with E-state index < -0.39 is 0 Å². The molecule has 0 aromatic carbocycles. The van der Waals surface area contributed by atoms with Crippen molar-refractivity contribution in [2.45, 2.75) is 45.3 Å². The molecule has 2 atom stereocenters. The average molecular weight is 239 g/mol. The van der Waals surface area contributed by atoms with Crippen LogP contribution in [0.4, 0.5) is 10.2 Å². The summed E-state index contributed by atoms with van der Waals surface area (Å²) >= 11 is 0. The van der Waals surface area contributed by atoms with Gasteiger partial charge in [-0.1, -0.05) is 6.92 Å². The predicted molar refractivity (Wildman–Crippen MR) is 63.4 cm³/mol. The topological polar surface area (TPSA) is 47.0 Å². The molecule has 1 aromatic heterocycles. The van der Waals surface area contributed by atoms with E-state index in [-0.39, 0.29) is 23.8 Å². The molecule has 1 aliphatic rings. The Morgan fingerprint density at radius 1 is 1.59 bits per heavy atom. The highest BCUT2D eigenvalue weighted by molar-refractivity contribution is 5.38. The molecule has 0 radical (unpaired) electrons. The van der Waals surface area contributed by atoms with Crippen molar-refractivity contribution in [2.75, 3.05) is 11.9 Å². The number of ether oxygens (including phenoxy) is 1. The molecule has 0 bridgehead atoms. The lowest BCUT2D eigenvalue weighted by Crippen LogP contribution is -2.31. The van der Waals surface area contributed by atoms with Gasteiger partial charge in [0.25, 0.3) is 0 Å². The molecular weight excluding hydrogens is 221 g/mol. The summed E-state index contributed by atoms with van der Waals surface area (Å²) in [7, 11) is 0. The van der Waals surface area contributed by atoms with Crippen LogP contribution in [0.1, 0.15) is 32.4 Å². The Labute approximate surface area is 101 Å². The molecule has 1 fully saturated rings. The Bertz CT molecular complexity index is 380. The molecule has 1 aliphatic heterocycles. The van der Waals surface area contributed by atoms with Crippen LogP contribution in [-0.2, 0) is 11.2 Å². The fourth-order valence-corrected chi connectivity index (χ4v) is 2.06. The van der Waals surface area contributed by atoms with Crippen molar-refractivity contribution in [1.82, 2.24) is 9.97 Å². The van der Waals surface area contributed by atoms with Gasteiger partial charge in [0.15, 0.2) is 11.6 Å². The zero-order valence-electron chi connectivity index (χ0n) is 10.2. The minimum atomic E-state index is -0.347. The van der Waals surface area contributed by atoms with Crippen molar-refractivity contribution < 1.29 is 9.13 Å². The van der Waals surface area contributed by atoms with Crippen LogP contribution in [0.15, 0.2) is 6.33 Å². The zero-order chi connectivity index (χ0) is 12.3. The first-order chi connectivity index (χ1) is 8.22. The first kappa shape index (κ1) is 12.2. The van der Waals surface area contributed by atoms with E-state index in [0.29, 0.717) is 12.1 Å². The lowest BCUT2D eigenvalue weighted by Gasteiger charge is -2.20. The number of aryl methyl sites for hydroxylation is 1. The van der Waals surface area contributed by atoms with Gasteiger partial charge in [-0.3, -0.25) is 0 Å². The van der Waals surface area contributed by atoms with E-state index in [0.717, 1.165) is 19.4 Å². The van der Waals surface area contributed by atoms with Crippen LogP contribution in [0.25, 0.3) is 0 Å². The first-order valence-electron chi connectivity index (χ1n) is 6.10. The number of halogens is 1. The predicted octanol–water partition coefficient (Wildman–Crippen LogP) is 2.16. The maximum absolute atomic E-state index is 13.9. The third-order valence-electron chi connectivity index (χ3n) is 3.08. The minimum absolute atomic E-state index is 0.0617. The molecule has 2 heterocycles. The van der Waals surface area contributed by atoms with Crippen molar-refractivity contribution in [3.05, 3.63) is 17.8 Å². The molecule has 0 spiro atoms. The maximum Gasteiger partial charge on any atom is 0.186 e. The monoisotopic (exact) mass is 239 g/mol. The van der Waals surface area contributed by atoms with Gasteiger partial charge >= 0.3 is 0 Å². The normalized spacial score (nSPS) is 21.5. The number of rotatable bonds is 4. The van der Waals surface area contributed by atoms with Crippen LogP contribution in [0, 0.1) is 5.82 Å². The van der Waals surface area contributed by atoms with Crippen LogP contribution in [0.5, 0.6) is 0 Å². The molecule has 0 aliphatic carbocycles. The number of hydrogen-bond acceptors (Lipinski definition) is 4. The minimum Gasteiger partial charge on any atom is -0.376 e. The van der Waals surface area contributed by atoms with E-state index in [9.17, 15) is 4.39 Å². The second-order valence-electron chi connectivity index (χ2n) is 4.32. The van der Waals surface area contributed by atoms with Gasteiger partial charge in [-0.2, -0.15) is 0 Å². The van der Waals surface area contributed by atoms with Gasteiger partial charge in [0, 0.05) is 6.61 Å². The first-order valence-corrected chi connectivity index (χ1v) is 6.10. The summed E-state index contributed by atoms with van der Waals surface area (Å²) in [5.41, 5.74) is 0.446. The summed E-state index contributed by atoms with van der Waals surface area (Å²) < 4.78 is 19.4. The third-order valence-corrected chi connectivity index (χ3v) is 3.08. The molecule has 1 N–H and O–H groups in total. The van der Waals surface area contributed by atoms with Gasteiger partial charge in [0.2, 0.25) is 0 Å². The van der Waals surface area contributed by atoms with E-state index in [1.165, 1.54) is 6.33 Å². The van der Waals surface area contributed by atoms with Gasteiger partial charge in [-0.15, -0.1) is 0 Å². The number of nitrogens with zero attached hydrogens (tertiary/aromatic N) is 2. The van der Waals surface area contributed by atoms with Crippen LogP contribution in [0.3, 0.4) is 0 Å². The standard InChI is InChI=1S/C12H18FN3O/c1-3-9-11(13)12(15-7-14-9)16-8(2)10-5-4-6-17-10/h7-8,10H,3-6H2,1-2H3,(H,14,15,16). The molecule has 17 heavy (non-hydrogen) atoms. The number of hydrogen-bond donors (Lipinski definition) is 1. The summed E-state index contributed by atoms with van der Waals surface area (Å²) in [4.78, 5) is 7.85. The van der Waals surface area contributed by atoms with Gasteiger partial charge in [0.1, 0.15) is 6.33 Å². The molecule has 0 saturated carbocycles. The molecule has 4 nitrogen and oxygen atoms in total. The van der Waals surface area contributed by atoms with Gasteiger partial charge in [-0.05, 0) is 26.2 Å². The Balaban J connectivity index is 2.07. The van der Waals surface area contributed by atoms with Crippen molar-refractivity contribution >= 4 is 5.82 Å². The smallest absolute Gasteiger partial charge is 0.186 e. The molecule has 2 rings (SSSR count). The fraction of sp³-hybridized carbons (Fsp3) is 0.667. The molecule has 5 heteroatoms. The maximum atomic E-state index is 13.9. The van der Waals surface area contributed by atoms with Crippen LogP contribution < -0.4 is 5.32 Å². The fourth-order valence-electron chi connectivity index (χ4n) is 2.06. The lowest BCUT2D eigenvalue weighted by molar-refractivity contribution is 0.0994. The summed E-state index contributed by atoms with van der Waals surface area (Å²) in [5, 5.41) is 3.08. The number of anilines is 1. The highest BCUT2D eigenvalue weighted by atomic mass is 19.1. The molecule has 2 unspecified atom stereocenters. The highest BCUT2D eigenvalue weighted by Gasteiger charge is 2.23. The van der Waals surface area contributed by atoms with Crippen LogP contribution in [-0.4, -0.2) is 28.7 Å². The Hall–Kier alpha value is -1.23. The molecule has 94 valence electrons. The molecule has 0 amide bonds.